The molecule has 1 aromatic carbocycles. The Bertz CT molecular complexity index is 371. The molecule has 5 heteroatoms. The fourth-order valence-corrected chi connectivity index (χ4v) is 2.06. The largest absolute Gasteiger partial charge is 0.491 e. The Morgan fingerprint density at radius 3 is 2.44 bits per heavy atom. The molecule has 0 aromatic heterocycles. The van der Waals surface area contributed by atoms with Gasteiger partial charge in [-0.05, 0) is 19.0 Å². The summed E-state index contributed by atoms with van der Waals surface area (Å²) in [7, 11) is 0. The predicted molar refractivity (Wildman–Crippen MR) is 79.4 cm³/mol. The van der Waals surface area contributed by atoms with E-state index in [-0.39, 0.29) is 0 Å². The van der Waals surface area contributed by atoms with Crippen molar-refractivity contribution in [2.75, 3.05) is 19.7 Å². The van der Waals surface area contributed by atoms with Crippen LogP contribution in [0.3, 0.4) is 0 Å². The van der Waals surface area contributed by atoms with E-state index in [1.807, 2.05) is 0 Å². The number of hydrogen-bond donors (Lipinski definition) is 1. The number of benzene rings is 1. The van der Waals surface area contributed by atoms with Crippen molar-refractivity contribution >= 4 is 34.8 Å². The molecule has 0 aliphatic carbocycles. The zero-order chi connectivity index (χ0) is 13.4. The standard InChI is InChI=1S/C13H18Cl3NO/c1-2-3-4-5-17-6-7-18-13-9-11(15)10(14)8-12(13)16/h8-9,17H,2-7H2,1H3. The number of ether oxygens (including phenoxy) is 1. The maximum absolute atomic E-state index is 5.99. The molecule has 0 radical (unpaired) electrons. The molecule has 0 fully saturated rings. The summed E-state index contributed by atoms with van der Waals surface area (Å²) in [5, 5.41) is 4.68. The van der Waals surface area contributed by atoms with E-state index < -0.39 is 0 Å². The van der Waals surface area contributed by atoms with Crippen molar-refractivity contribution in [2.24, 2.45) is 0 Å². The monoisotopic (exact) mass is 309 g/mol. The topological polar surface area (TPSA) is 21.3 Å². The number of unbranched alkanes of at least 4 members (excludes halogenated alkanes) is 2. The lowest BCUT2D eigenvalue weighted by Gasteiger charge is -2.10. The third-order valence-corrected chi connectivity index (χ3v) is 3.49. The zero-order valence-electron chi connectivity index (χ0n) is 10.4. The first-order valence-electron chi connectivity index (χ1n) is 6.13. The Morgan fingerprint density at radius 2 is 1.72 bits per heavy atom. The molecule has 2 nitrogen and oxygen atoms in total. The minimum Gasteiger partial charge on any atom is -0.491 e. The van der Waals surface area contributed by atoms with E-state index in [1.54, 1.807) is 12.1 Å². The molecule has 102 valence electrons. The number of rotatable bonds is 8. The molecule has 0 bridgehead atoms. The number of nitrogens with one attached hydrogen (secondary N) is 1. The van der Waals surface area contributed by atoms with Crippen molar-refractivity contribution < 1.29 is 4.74 Å². The summed E-state index contributed by atoms with van der Waals surface area (Å²) in [5.41, 5.74) is 0. The Balaban J connectivity index is 2.25. The van der Waals surface area contributed by atoms with Crippen LogP contribution in [0.4, 0.5) is 0 Å². The van der Waals surface area contributed by atoms with E-state index in [2.05, 4.69) is 12.2 Å². The molecule has 0 saturated heterocycles. The van der Waals surface area contributed by atoms with Crippen molar-refractivity contribution in [2.45, 2.75) is 26.2 Å². The molecule has 0 spiro atoms. The van der Waals surface area contributed by atoms with Crippen LogP contribution in [0.5, 0.6) is 5.75 Å². The van der Waals surface area contributed by atoms with Gasteiger partial charge in [0, 0.05) is 12.6 Å². The van der Waals surface area contributed by atoms with E-state index in [1.165, 1.54) is 19.3 Å². The molecule has 18 heavy (non-hydrogen) atoms. The molecule has 0 amide bonds. The molecular weight excluding hydrogens is 293 g/mol. The van der Waals surface area contributed by atoms with E-state index in [4.69, 9.17) is 39.5 Å². The lowest BCUT2D eigenvalue weighted by atomic mass is 10.2. The minimum atomic E-state index is 0.437. The molecule has 0 atom stereocenters. The molecule has 0 saturated carbocycles. The van der Waals surface area contributed by atoms with Gasteiger partial charge in [0.15, 0.2) is 0 Å². The first-order valence-corrected chi connectivity index (χ1v) is 7.26. The summed E-state index contributed by atoms with van der Waals surface area (Å²) in [4.78, 5) is 0. The SMILES string of the molecule is CCCCCNCCOc1cc(Cl)c(Cl)cc1Cl. The van der Waals surface area contributed by atoms with Crippen molar-refractivity contribution in [1.29, 1.82) is 0 Å². The Morgan fingerprint density at radius 1 is 1.00 bits per heavy atom. The quantitative estimate of drug-likeness (QED) is 0.550. The van der Waals surface area contributed by atoms with Crippen molar-refractivity contribution in [3.63, 3.8) is 0 Å². The second-order valence-electron chi connectivity index (χ2n) is 4.00. The van der Waals surface area contributed by atoms with Gasteiger partial charge in [0.2, 0.25) is 0 Å². The van der Waals surface area contributed by atoms with Gasteiger partial charge >= 0.3 is 0 Å². The average molecular weight is 311 g/mol. The average Bonchev–Trinajstić information content (AvgIpc) is 2.34. The van der Waals surface area contributed by atoms with Crippen molar-refractivity contribution in [1.82, 2.24) is 5.32 Å². The molecule has 0 heterocycles. The van der Waals surface area contributed by atoms with Crippen LogP contribution in [0.2, 0.25) is 15.1 Å². The van der Waals surface area contributed by atoms with Crippen LogP contribution < -0.4 is 10.1 Å². The molecule has 1 N–H and O–H groups in total. The highest BCUT2D eigenvalue weighted by atomic mass is 35.5. The highest BCUT2D eigenvalue weighted by molar-refractivity contribution is 6.43. The second kappa shape index (κ2) is 8.87. The van der Waals surface area contributed by atoms with Crippen molar-refractivity contribution in [3.8, 4) is 5.75 Å². The fourth-order valence-electron chi connectivity index (χ4n) is 1.47. The van der Waals surface area contributed by atoms with Gasteiger partial charge in [-0.25, -0.2) is 0 Å². The lowest BCUT2D eigenvalue weighted by Crippen LogP contribution is -2.22. The van der Waals surface area contributed by atoms with Crippen molar-refractivity contribution in [3.05, 3.63) is 27.2 Å². The van der Waals surface area contributed by atoms with Crippen LogP contribution in [0.25, 0.3) is 0 Å². The third-order valence-electron chi connectivity index (χ3n) is 2.47. The molecule has 1 rings (SSSR count). The van der Waals surface area contributed by atoms with Crippen LogP contribution in [0, 0.1) is 0 Å². The van der Waals surface area contributed by atoms with E-state index in [0.717, 1.165) is 13.1 Å². The highest BCUT2D eigenvalue weighted by Crippen LogP contribution is 2.33. The summed E-state index contributed by atoms with van der Waals surface area (Å²) >= 11 is 17.7. The van der Waals surface area contributed by atoms with Gasteiger partial charge in [-0.1, -0.05) is 54.6 Å². The van der Waals surface area contributed by atoms with Gasteiger partial charge in [-0.2, -0.15) is 0 Å². The second-order valence-corrected chi connectivity index (χ2v) is 5.22. The van der Waals surface area contributed by atoms with Gasteiger partial charge in [0.25, 0.3) is 0 Å². The molecular formula is C13H18Cl3NO. The van der Waals surface area contributed by atoms with Gasteiger partial charge in [-0.15, -0.1) is 0 Å². The van der Waals surface area contributed by atoms with E-state index >= 15 is 0 Å². The van der Waals surface area contributed by atoms with Gasteiger partial charge in [0.05, 0.1) is 15.1 Å². The molecule has 0 aliphatic heterocycles. The van der Waals surface area contributed by atoms with E-state index in [9.17, 15) is 0 Å². The summed E-state index contributed by atoms with van der Waals surface area (Å²) in [6.07, 6.45) is 3.69. The Labute approximate surface area is 124 Å². The first kappa shape index (κ1) is 15.9. The summed E-state index contributed by atoms with van der Waals surface area (Å²) in [5.74, 6) is 0.571. The summed E-state index contributed by atoms with van der Waals surface area (Å²) < 4.78 is 5.54. The highest BCUT2D eigenvalue weighted by Gasteiger charge is 2.06. The van der Waals surface area contributed by atoms with Crippen LogP contribution in [0.15, 0.2) is 12.1 Å². The van der Waals surface area contributed by atoms with E-state index in [0.29, 0.717) is 27.4 Å². The van der Waals surface area contributed by atoms with Gasteiger partial charge < -0.3 is 10.1 Å². The predicted octanol–water partition coefficient (Wildman–Crippen LogP) is 4.81. The smallest absolute Gasteiger partial charge is 0.139 e. The molecule has 0 aliphatic rings. The number of hydrogen-bond acceptors (Lipinski definition) is 2. The van der Waals surface area contributed by atoms with Crippen LogP contribution in [-0.2, 0) is 0 Å². The fraction of sp³-hybridized carbons (Fsp3) is 0.538. The lowest BCUT2D eigenvalue weighted by molar-refractivity contribution is 0.314. The van der Waals surface area contributed by atoms with Crippen LogP contribution in [0.1, 0.15) is 26.2 Å². The van der Waals surface area contributed by atoms with Crippen LogP contribution in [-0.4, -0.2) is 19.7 Å². The summed E-state index contributed by atoms with van der Waals surface area (Å²) in [6.45, 7) is 4.56. The molecule has 0 unspecified atom stereocenters. The zero-order valence-corrected chi connectivity index (χ0v) is 12.7. The third kappa shape index (κ3) is 5.66. The maximum Gasteiger partial charge on any atom is 0.139 e. The Hall–Kier alpha value is -0.150. The van der Waals surface area contributed by atoms with Gasteiger partial charge in [0.1, 0.15) is 12.4 Å². The van der Waals surface area contributed by atoms with Crippen LogP contribution >= 0.6 is 34.8 Å². The summed E-state index contributed by atoms with van der Waals surface area (Å²) in [6, 6.07) is 3.23. The minimum absolute atomic E-state index is 0.437. The van der Waals surface area contributed by atoms with Gasteiger partial charge in [-0.3, -0.25) is 0 Å². The maximum atomic E-state index is 5.99. The number of halogens is 3. The first-order chi connectivity index (χ1) is 8.65. The normalized spacial score (nSPS) is 10.7. The Kier molecular flexibility index (Phi) is 7.84. The molecule has 1 aromatic rings.